The van der Waals surface area contributed by atoms with Gasteiger partial charge in [0.2, 0.25) is 5.91 Å². The summed E-state index contributed by atoms with van der Waals surface area (Å²) in [6.45, 7) is 4.39. The van der Waals surface area contributed by atoms with Crippen molar-refractivity contribution in [1.82, 2.24) is 14.7 Å². The van der Waals surface area contributed by atoms with E-state index in [-0.39, 0.29) is 23.5 Å². The van der Waals surface area contributed by atoms with Crippen LogP contribution < -0.4 is 0 Å². The number of piperidine rings is 1. The summed E-state index contributed by atoms with van der Waals surface area (Å²) in [4.78, 5) is 45.2. The van der Waals surface area contributed by atoms with E-state index in [1.807, 2.05) is 4.90 Å². The highest BCUT2D eigenvalue weighted by Crippen LogP contribution is 2.24. The van der Waals surface area contributed by atoms with E-state index in [0.717, 1.165) is 26.2 Å². The predicted molar refractivity (Wildman–Crippen MR) is 124 cm³/mol. The first-order valence-electron chi connectivity index (χ1n) is 11.1. The van der Waals surface area contributed by atoms with Gasteiger partial charge in [0.15, 0.2) is 5.78 Å². The van der Waals surface area contributed by atoms with E-state index in [2.05, 4.69) is 11.9 Å². The van der Waals surface area contributed by atoms with Crippen LogP contribution in [0.2, 0.25) is 5.02 Å². The Morgan fingerprint density at radius 1 is 0.781 bits per heavy atom. The Kier molecular flexibility index (Phi) is 6.92. The molecule has 0 atom stereocenters. The highest BCUT2D eigenvalue weighted by Gasteiger charge is 2.32. The lowest BCUT2D eigenvalue weighted by Gasteiger charge is -2.37. The highest BCUT2D eigenvalue weighted by atomic mass is 35.5. The van der Waals surface area contributed by atoms with E-state index in [1.54, 1.807) is 53.4 Å². The monoisotopic (exact) mass is 453 g/mol. The van der Waals surface area contributed by atoms with Crippen molar-refractivity contribution in [2.24, 2.45) is 5.92 Å². The molecule has 0 radical (unpaired) electrons. The minimum Gasteiger partial charge on any atom is -0.340 e. The maximum atomic E-state index is 13.3. The second-order valence-electron chi connectivity index (χ2n) is 8.58. The van der Waals surface area contributed by atoms with Crippen LogP contribution in [-0.2, 0) is 4.79 Å². The molecule has 0 bridgehead atoms. The van der Waals surface area contributed by atoms with E-state index in [1.165, 1.54) is 0 Å². The van der Waals surface area contributed by atoms with Crippen molar-refractivity contribution in [1.29, 1.82) is 0 Å². The molecule has 2 aromatic carbocycles. The van der Waals surface area contributed by atoms with Gasteiger partial charge in [-0.15, -0.1) is 0 Å². The Labute approximate surface area is 193 Å². The predicted octanol–water partition coefficient (Wildman–Crippen LogP) is 3.20. The first-order valence-corrected chi connectivity index (χ1v) is 11.5. The molecule has 0 aromatic heterocycles. The van der Waals surface area contributed by atoms with Gasteiger partial charge in [0.25, 0.3) is 5.91 Å². The van der Waals surface area contributed by atoms with E-state index >= 15 is 0 Å². The molecule has 4 rings (SSSR count). The quantitative estimate of drug-likeness (QED) is 0.667. The van der Waals surface area contributed by atoms with Crippen molar-refractivity contribution < 1.29 is 14.4 Å². The molecule has 7 heteroatoms. The standard InChI is InChI=1S/C25H28ClN3O3/c1-27-14-16-29(17-15-27)24(31)19-10-12-28(13-11-19)25(32)22-5-3-2-4-21(22)23(30)18-6-8-20(26)9-7-18/h2-9,19H,10-17H2,1H3. The number of ketones is 1. The molecule has 2 heterocycles. The van der Waals surface area contributed by atoms with Gasteiger partial charge in [-0.1, -0.05) is 29.8 Å². The fraction of sp³-hybridized carbons (Fsp3) is 0.400. The van der Waals surface area contributed by atoms with E-state index < -0.39 is 0 Å². The zero-order valence-electron chi connectivity index (χ0n) is 18.3. The number of halogens is 1. The lowest BCUT2D eigenvalue weighted by atomic mass is 9.93. The maximum Gasteiger partial charge on any atom is 0.254 e. The van der Waals surface area contributed by atoms with Crippen LogP contribution in [0.15, 0.2) is 48.5 Å². The van der Waals surface area contributed by atoms with Gasteiger partial charge in [-0.2, -0.15) is 0 Å². The summed E-state index contributed by atoms with van der Waals surface area (Å²) in [6, 6.07) is 13.6. The molecule has 0 spiro atoms. The Morgan fingerprint density at radius 3 is 2.00 bits per heavy atom. The van der Waals surface area contributed by atoms with Crippen molar-refractivity contribution >= 4 is 29.2 Å². The highest BCUT2D eigenvalue weighted by molar-refractivity contribution is 6.30. The average molecular weight is 454 g/mol. The third-order valence-electron chi connectivity index (χ3n) is 6.45. The summed E-state index contributed by atoms with van der Waals surface area (Å²) in [5.41, 5.74) is 1.28. The van der Waals surface area contributed by atoms with Crippen LogP contribution in [0.5, 0.6) is 0 Å². The molecule has 2 aliphatic heterocycles. The molecule has 0 saturated carbocycles. The minimum atomic E-state index is -0.203. The molecular weight excluding hydrogens is 426 g/mol. The lowest BCUT2D eigenvalue weighted by Crippen LogP contribution is -2.51. The maximum absolute atomic E-state index is 13.3. The molecule has 168 valence electrons. The smallest absolute Gasteiger partial charge is 0.254 e. The summed E-state index contributed by atoms with van der Waals surface area (Å²) in [7, 11) is 2.07. The molecule has 0 N–H and O–H groups in total. The number of piperazine rings is 1. The summed E-state index contributed by atoms with van der Waals surface area (Å²) in [6.07, 6.45) is 1.31. The van der Waals surface area contributed by atoms with Gasteiger partial charge in [-0.25, -0.2) is 0 Å². The van der Waals surface area contributed by atoms with Crippen LogP contribution in [-0.4, -0.2) is 78.6 Å². The van der Waals surface area contributed by atoms with Crippen molar-refractivity contribution in [3.8, 4) is 0 Å². The number of likely N-dealkylation sites (N-methyl/N-ethyl adjacent to an activating group) is 1. The van der Waals surface area contributed by atoms with Gasteiger partial charge in [0.1, 0.15) is 0 Å². The third-order valence-corrected chi connectivity index (χ3v) is 6.71. The largest absolute Gasteiger partial charge is 0.340 e. The molecule has 2 aromatic rings. The summed E-state index contributed by atoms with van der Waals surface area (Å²) in [5.74, 6) is -0.184. The second kappa shape index (κ2) is 9.84. The molecule has 2 amide bonds. The normalized spacial score (nSPS) is 17.9. The van der Waals surface area contributed by atoms with Crippen molar-refractivity contribution in [2.75, 3.05) is 46.3 Å². The van der Waals surface area contributed by atoms with Gasteiger partial charge >= 0.3 is 0 Å². The van der Waals surface area contributed by atoms with Crippen molar-refractivity contribution in [2.45, 2.75) is 12.8 Å². The first-order chi connectivity index (χ1) is 15.4. The molecule has 32 heavy (non-hydrogen) atoms. The number of hydrogen-bond acceptors (Lipinski definition) is 4. The summed E-state index contributed by atoms with van der Waals surface area (Å²) < 4.78 is 0. The number of hydrogen-bond donors (Lipinski definition) is 0. The van der Waals surface area contributed by atoms with Crippen LogP contribution in [0.1, 0.15) is 39.1 Å². The van der Waals surface area contributed by atoms with Crippen LogP contribution >= 0.6 is 11.6 Å². The van der Waals surface area contributed by atoms with Crippen LogP contribution in [0, 0.1) is 5.92 Å². The number of amides is 2. The Bertz CT molecular complexity index is 992. The fourth-order valence-electron chi connectivity index (χ4n) is 4.41. The SMILES string of the molecule is CN1CCN(C(=O)C2CCN(C(=O)c3ccccc3C(=O)c3ccc(Cl)cc3)CC2)CC1. The molecule has 2 aliphatic rings. The number of nitrogens with zero attached hydrogens (tertiary/aromatic N) is 3. The molecular formula is C25H28ClN3O3. The number of carbonyl (C=O) groups is 3. The van der Waals surface area contributed by atoms with Gasteiger partial charge in [0.05, 0.1) is 5.56 Å². The molecule has 0 aliphatic carbocycles. The Balaban J connectivity index is 1.42. The van der Waals surface area contributed by atoms with E-state index in [4.69, 9.17) is 11.6 Å². The molecule has 2 fully saturated rings. The molecule has 0 unspecified atom stereocenters. The Hall–Kier alpha value is -2.70. The van der Waals surface area contributed by atoms with Crippen LogP contribution in [0.4, 0.5) is 0 Å². The van der Waals surface area contributed by atoms with Gasteiger partial charge in [-0.3, -0.25) is 14.4 Å². The van der Waals surface area contributed by atoms with Crippen LogP contribution in [0.25, 0.3) is 0 Å². The number of likely N-dealkylation sites (tertiary alicyclic amines) is 1. The molecule has 6 nitrogen and oxygen atoms in total. The zero-order valence-corrected chi connectivity index (χ0v) is 19.1. The third kappa shape index (κ3) is 4.87. The minimum absolute atomic E-state index is 0.0339. The van der Waals surface area contributed by atoms with E-state index in [0.29, 0.717) is 47.6 Å². The Morgan fingerprint density at radius 2 is 1.38 bits per heavy atom. The second-order valence-corrected chi connectivity index (χ2v) is 9.01. The fourth-order valence-corrected chi connectivity index (χ4v) is 4.54. The van der Waals surface area contributed by atoms with Gasteiger partial charge < -0.3 is 14.7 Å². The first kappa shape index (κ1) is 22.5. The van der Waals surface area contributed by atoms with Gasteiger partial charge in [-0.05, 0) is 50.2 Å². The number of benzene rings is 2. The van der Waals surface area contributed by atoms with Crippen molar-refractivity contribution in [3.05, 3.63) is 70.2 Å². The van der Waals surface area contributed by atoms with E-state index in [9.17, 15) is 14.4 Å². The number of rotatable bonds is 4. The van der Waals surface area contributed by atoms with Gasteiger partial charge in [0, 0.05) is 61.3 Å². The molecule has 2 saturated heterocycles. The zero-order chi connectivity index (χ0) is 22.7. The van der Waals surface area contributed by atoms with Crippen LogP contribution in [0.3, 0.4) is 0 Å². The summed E-state index contributed by atoms with van der Waals surface area (Å²) in [5, 5.41) is 0.555. The lowest BCUT2D eigenvalue weighted by molar-refractivity contribution is -0.138. The topological polar surface area (TPSA) is 60.9 Å². The number of carbonyl (C=O) groups excluding carboxylic acids is 3. The van der Waals surface area contributed by atoms with Crippen molar-refractivity contribution in [3.63, 3.8) is 0 Å². The average Bonchev–Trinajstić information content (AvgIpc) is 2.84. The summed E-state index contributed by atoms with van der Waals surface area (Å²) >= 11 is 5.93.